The molecule has 0 aliphatic rings. The van der Waals surface area contributed by atoms with Gasteiger partial charge in [-0.2, -0.15) is 40.8 Å². The smallest absolute Gasteiger partial charge is 0.156 e. The minimum atomic E-state index is -0.273. The third-order valence-electron chi connectivity index (χ3n) is 20.4. The van der Waals surface area contributed by atoms with Crippen LogP contribution in [0.25, 0.3) is 45.6 Å². The molecule has 10 aromatic heterocycles. The number of nitrogens with zero attached hydrogens (tertiary/aromatic N) is 28. The van der Waals surface area contributed by atoms with Crippen molar-refractivity contribution in [3.8, 4) is 57.1 Å². The number of aromatic nitrogens is 28. The maximum atomic E-state index is 13.0. The lowest BCUT2D eigenvalue weighted by Crippen LogP contribution is -2.14. The van der Waals surface area contributed by atoms with Crippen LogP contribution >= 0.6 is 11.6 Å². The van der Waals surface area contributed by atoms with Crippen molar-refractivity contribution in [3.05, 3.63) is 367 Å². The van der Waals surface area contributed by atoms with Gasteiger partial charge in [0.05, 0.1) is 54.9 Å². The summed E-state index contributed by atoms with van der Waals surface area (Å²) in [6.45, 7) is 56.9. The van der Waals surface area contributed by atoms with Crippen LogP contribution in [-0.2, 0) is 33.6 Å². The molecule has 143 heavy (non-hydrogen) atoms. The van der Waals surface area contributed by atoms with E-state index in [4.69, 9.17) is 21.1 Å². The van der Waals surface area contributed by atoms with Gasteiger partial charge in [0.15, 0.2) is 52.4 Å². The molecule has 0 unspecified atom stereocenters. The normalized spacial score (nSPS) is 11.2. The zero-order chi connectivity index (χ0) is 105. The molecule has 0 fully saturated rings. The van der Waals surface area contributed by atoms with Gasteiger partial charge in [-0.25, -0.2) is 101 Å². The maximum Gasteiger partial charge on any atom is 0.156 e. The Labute approximate surface area is 845 Å². The molecule has 0 amide bonds. The summed E-state index contributed by atoms with van der Waals surface area (Å²) < 4.78 is 51.9. The molecule has 0 radical (unpaired) electrons. The molecule has 0 spiro atoms. The number of aryl methyl sites for hydroxylation is 4. The fourth-order valence-corrected chi connectivity index (χ4v) is 12.8. The van der Waals surface area contributed by atoms with Gasteiger partial charge in [0, 0.05) is 62.1 Å². The Morgan fingerprint density at radius 2 is 0.762 bits per heavy atom. The van der Waals surface area contributed by atoms with Crippen molar-refractivity contribution in [1.82, 2.24) is 138 Å². The van der Waals surface area contributed by atoms with E-state index in [1.807, 2.05) is 176 Å². The standard InChI is InChI=1S/C14H19N3.C13H17N3O.C13H17N3.C12H14FN3.C12H15N3O.C12H15N3.C11H12ClN3.C11H14N4.C9H8FN3.C3H8/c1-10-7-6-8-12(9-10)17-11(2)15-13(16-17)14(3,4)5;1-13(2,3)12-14-9-16(15-12)10-7-5-6-8-11(10)17-4;1-13(2,3)12-14-10-16(15-12)9-11-7-5-4-6-8-11;1-12(2,3)11-14-8-16(15-11)10-6-4-5-9(13)7-10;1-9(2)12-13-8-15(14-12)10-5-4-6-11(7-10)16-3;1-9(2)12-13-8-15(14-12)11-6-4-5-10(3)7-11;1-8(2)11-13-7-15(14-11)10-5-3-4-9(12)6-10;1-11(2,3)10-13-8-15(14-10)9-6-4-5-7-12-9;1-7-11-6-12-13(7)9-4-2-8(10)3-5-9;1-3-2/h6-9H,1-5H3;5-9H,1-4H3;4-8,10H,9H2,1-3H3;4-8H,1-3H3;4-9H,1-3H3;4-9H,1-3H3;3-8H,1-2H3;4-8H,1-3H3;2-6H,1H3;3H2,1-2H3. The highest BCUT2D eigenvalue weighted by Crippen LogP contribution is 2.28. The van der Waals surface area contributed by atoms with Crippen LogP contribution in [0.3, 0.4) is 0 Å². The topological polar surface area (TPSA) is 308 Å². The largest absolute Gasteiger partial charge is 0.497 e. The fourth-order valence-electron chi connectivity index (χ4n) is 12.6. The molecule has 752 valence electrons. The number of ether oxygens (including phenoxy) is 2. The Bertz CT molecular complexity index is 6760. The van der Waals surface area contributed by atoms with Crippen LogP contribution in [0.5, 0.6) is 11.5 Å². The van der Waals surface area contributed by atoms with Gasteiger partial charge in [0.25, 0.3) is 0 Å². The van der Waals surface area contributed by atoms with Crippen LogP contribution in [0.2, 0.25) is 5.02 Å². The minimum absolute atomic E-state index is 0.0141. The van der Waals surface area contributed by atoms with Crippen molar-refractivity contribution < 1.29 is 18.3 Å². The lowest BCUT2D eigenvalue weighted by Gasteiger charge is -2.12. The average Bonchev–Trinajstić information content (AvgIpc) is 1.66. The van der Waals surface area contributed by atoms with Gasteiger partial charge in [-0.05, 0) is 166 Å². The predicted octanol–water partition coefficient (Wildman–Crippen LogP) is 24.3. The number of pyridine rings is 1. The van der Waals surface area contributed by atoms with E-state index in [1.54, 1.807) is 117 Å². The SMILES string of the molecule is CC(C)(C)c1ncn(-c2cccc(F)c2)n1.CC(C)(C)c1ncn(-c2ccccn2)n1.CC(C)(C)c1ncn(Cc2ccccc2)n1.CC(C)c1ncn(-c2cccc(Cl)c2)n1.CCC.COc1cccc(-n2cnc(C(C)C)n2)c1.COc1ccccc1-n1cnc(C(C)(C)C)n1.Cc1cccc(-n2cnc(C(C)C)n2)c1.Cc1cccc(-n2nc(C(C)(C)C)nc2C)c1.Cc1ncnn1-c1ccc(F)cc1. The second-order valence-electron chi connectivity index (χ2n) is 39.6. The minimum Gasteiger partial charge on any atom is -0.497 e. The highest BCUT2D eigenvalue weighted by Gasteiger charge is 2.25. The third-order valence-corrected chi connectivity index (χ3v) is 20.6. The zero-order valence-electron chi connectivity index (χ0n) is 88.1. The average molecular weight is 1960 g/mol. The van der Waals surface area contributed by atoms with Gasteiger partial charge < -0.3 is 9.47 Å². The first-order valence-electron chi connectivity index (χ1n) is 47.6. The molecule has 18 rings (SSSR count). The van der Waals surface area contributed by atoms with E-state index >= 15 is 0 Å². The Balaban J connectivity index is 0.000000179. The van der Waals surface area contributed by atoms with Gasteiger partial charge in [0.1, 0.15) is 91.1 Å². The first-order valence-corrected chi connectivity index (χ1v) is 48.0. The molecule has 30 nitrogen and oxygen atoms in total. The number of rotatable bonds is 15. The molecule has 0 aliphatic heterocycles. The summed E-state index contributed by atoms with van der Waals surface area (Å²) in [7, 11) is 3.31. The molecule has 8 aromatic carbocycles. The van der Waals surface area contributed by atoms with E-state index in [9.17, 15) is 8.78 Å². The summed E-state index contributed by atoms with van der Waals surface area (Å²) in [4.78, 5) is 42.7. The number of benzene rings is 8. The summed E-state index contributed by atoms with van der Waals surface area (Å²) in [5.41, 5.74) is 9.96. The Hall–Kier alpha value is -15.1. The monoisotopic (exact) mass is 1960 g/mol. The van der Waals surface area contributed by atoms with E-state index in [1.165, 1.54) is 53.7 Å². The molecular weight excluding hydrogens is 1820 g/mol. The van der Waals surface area contributed by atoms with Crippen molar-refractivity contribution in [2.75, 3.05) is 14.2 Å². The summed E-state index contributed by atoms with van der Waals surface area (Å²) >= 11 is 5.90. The van der Waals surface area contributed by atoms with E-state index in [-0.39, 0.29) is 38.7 Å². The Morgan fingerprint density at radius 3 is 1.22 bits per heavy atom. The van der Waals surface area contributed by atoms with Crippen LogP contribution < -0.4 is 9.47 Å². The molecule has 0 atom stereocenters. The molecule has 0 aliphatic carbocycles. The van der Waals surface area contributed by atoms with Gasteiger partial charge >= 0.3 is 0 Å². The lowest BCUT2D eigenvalue weighted by molar-refractivity contribution is 0.411. The molecular formula is C110H139ClF2N28O2. The third kappa shape index (κ3) is 34.7. The van der Waals surface area contributed by atoms with Crippen molar-refractivity contribution in [2.45, 2.75) is 245 Å². The van der Waals surface area contributed by atoms with Gasteiger partial charge in [0.2, 0.25) is 0 Å². The molecule has 0 bridgehead atoms. The second kappa shape index (κ2) is 51.9. The van der Waals surface area contributed by atoms with E-state index in [0.29, 0.717) is 28.5 Å². The fraction of sp³-hybridized carbons (Fsp3) is 0.355. The van der Waals surface area contributed by atoms with E-state index < -0.39 is 0 Å². The number of para-hydroxylation sites is 2. The van der Waals surface area contributed by atoms with Crippen molar-refractivity contribution >= 4 is 11.6 Å². The lowest BCUT2D eigenvalue weighted by atomic mass is 9.96. The van der Waals surface area contributed by atoms with Crippen molar-refractivity contribution in [1.29, 1.82) is 0 Å². The zero-order valence-corrected chi connectivity index (χ0v) is 88.9. The highest BCUT2D eigenvalue weighted by molar-refractivity contribution is 6.30. The molecule has 33 heteroatoms. The maximum absolute atomic E-state index is 13.0. The van der Waals surface area contributed by atoms with Crippen molar-refractivity contribution in [2.24, 2.45) is 0 Å². The van der Waals surface area contributed by atoms with Crippen molar-refractivity contribution in [3.63, 3.8) is 0 Å². The number of hydrogen-bond donors (Lipinski definition) is 0. The summed E-state index contributed by atoms with van der Waals surface area (Å²) in [6, 6.07) is 68.0. The molecule has 0 saturated heterocycles. The van der Waals surface area contributed by atoms with Crippen LogP contribution in [0.15, 0.2) is 275 Å². The Morgan fingerprint density at radius 1 is 0.336 bits per heavy atom. The second-order valence-corrected chi connectivity index (χ2v) is 40.1. The van der Waals surface area contributed by atoms with Crippen LogP contribution in [0.1, 0.15) is 258 Å². The molecule has 10 heterocycles. The molecule has 18 aromatic rings. The first kappa shape index (κ1) is 112. The first-order chi connectivity index (χ1) is 67.7. The van der Waals surface area contributed by atoms with Gasteiger partial charge in [-0.1, -0.05) is 268 Å². The highest BCUT2D eigenvalue weighted by atomic mass is 35.5. The molecule has 0 saturated carbocycles. The summed E-state index contributed by atoms with van der Waals surface area (Å²) in [5, 5.41) is 40.2. The number of halogens is 3. The van der Waals surface area contributed by atoms with Crippen LogP contribution in [0.4, 0.5) is 8.78 Å². The number of hydrogen-bond acceptors (Lipinski definition) is 21. The van der Waals surface area contributed by atoms with Crippen LogP contribution in [0, 0.1) is 39.3 Å². The van der Waals surface area contributed by atoms with Gasteiger partial charge in [-0.15, -0.1) is 5.10 Å². The Kier molecular flexibility index (Phi) is 40.5. The quantitative estimate of drug-likeness (QED) is 0.0920. The van der Waals surface area contributed by atoms with E-state index in [0.717, 1.165) is 116 Å². The summed E-state index contributed by atoms with van der Waals surface area (Å²) in [5.74, 6) is 11.4. The van der Waals surface area contributed by atoms with Crippen LogP contribution in [-0.4, -0.2) is 152 Å². The number of methoxy groups -OCH3 is 2. The molecule has 0 N–H and O–H groups in total. The summed E-state index contributed by atoms with van der Waals surface area (Å²) in [6.07, 6.45) is 16.5. The van der Waals surface area contributed by atoms with Gasteiger partial charge in [-0.3, -0.25) is 0 Å². The predicted molar refractivity (Wildman–Crippen MR) is 563 cm³/mol. The van der Waals surface area contributed by atoms with E-state index in [2.05, 4.69) is 291 Å².